The molecule has 0 radical (unpaired) electrons. The van der Waals surface area contributed by atoms with Crippen LogP contribution < -0.4 is 0 Å². The van der Waals surface area contributed by atoms with Crippen LogP contribution in [0.2, 0.25) is 0 Å². The number of carbonyl (C=O) groups is 1. The van der Waals surface area contributed by atoms with E-state index >= 15 is 0 Å². The molecule has 140 valence electrons. The predicted octanol–water partition coefficient (Wildman–Crippen LogP) is 3.67. The van der Waals surface area contributed by atoms with Gasteiger partial charge >= 0.3 is 5.97 Å². The highest BCUT2D eigenvalue weighted by atomic mass is 16.5. The summed E-state index contributed by atoms with van der Waals surface area (Å²) in [5.41, 5.74) is 0.794. The van der Waals surface area contributed by atoms with E-state index in [4.69, 9.17) is 9.84 Å². The third kappa shape index (κ3) is 4.80. The topological polar surface area (TPSA) is 79.7 Å². The van der Waals surface area contributed by atoms with Gasteiger partial charge in [-0.1, -0.05) is 30.4 Å². The number of pyridine rings is 1. The quantitative estimate of drug-likeness (QED) is 0.521. The number of allylic oxidation sites excluding steroid dienone is 2. The molecular formula is C21H27NO4. The van der Waals surface area contributed by atoms with E-state index in [1.807, 2.05) is 18.2 Å². The van der Waals surface area contributed by atoms with Crippen molar-refractivity contribution in [2.24, 2.45) is 11.8 Å². The van der Waals surface area contributed by atoms with Crippen molar-refractivity contribution in [3.8, 4) is 0 Å². The van der Waals surface area contributed by atoms with Crippen LogP contribution >= 0.6 is 0 Å². The maximum Gasteiger partial charge on any atom is 0.303 e. The van der Waals surface area contributed by atoms with Crippen molar-refractivity contribution in [3.63, 3.8) is 0 Å². The van der Waals surface area contributed by atoms with Crippen molar-refractivity contribution < 1.29 is 19.7 Å². The fraction of sp³-hybridized carbons (Fsp3) is 0.524. The fourth-order valence-corrected chi connectivity index (χ4v) is 4.02. The number of carboxylic acid groups (broad SMARTS) is 1. The van der Waals surface area contributed by atoms with Crippen LogP contribution in [0, 0.1) is 11.8 Å². The molecule has 26 heavy (non-hydrogen) atoms. The molecule has 5 nitrogen and oxygen atoms in total. The van der Waals surface area contributed by atoms with Crippen molar-refractivity contribution in [1.82, 2.24) is 4.98 Å². The number of aliphatic hydroxyl groups excluding tert-OH is 1. The van der Waals surface area contributed by atoms with Crippen LogP contribution in [0.4, 0.5) is 0 Å². The van der Waals surface area contributed by atoms with Gasteiger partial charge in [-0.05, 0) is 44.1 Å². The molecule has 2 aliphatic heterocycles. The van der Waals surface area contributed by atoms with Crippen LogP contribution in [0.1, 0.15) is 50.2 Å². The summed E-state index contributed by atoms with van der Waals surface area (Å²) in [4.78, 5) is 14.6. The standard InChI is InChI=1S/C21H27NO4/c23-18(15-6-5-13-22-14-15)10-9-17-16(19-11-12-20(17)26-19)7-3-1-2-4-8-21(24)25/h1,3,5-6,9-10,13-14,16-20,23H,2,4,7-8,11-12H2,(H,24,25)/t16-,17+,18?,19+,20-/m1/s1. The van der Waals surface area contributed by atoms with Gasteiger partial charge in [0, 0.05) is 30.3 Å². The highest BCUT2D eigenvalue weighted by Crippen LogP contribution is 2.46. The van der Waals surface area contributed by atoms with E-state index in [1.165, 1.54) is 0 Å². The fourth-order valence-electron chi connectivity index (χ4n) is 4.02. The van der Waals surface area contributed by atoms with E-state index in [0.717, 1.165) is 31.2 Å². The first-order valence-electron chi connectivity index (χ1n) is 9.43. The van der Waals surface area contributed by atoms with Gasteiger partial charge in [0.15, 0.2) is 0 Å². The largest absolute Gasteiger partial charge is 0.481 e. The van der Waals surface area contributed by atoms with Gasteiger partial charge in [0.05, 0.1) is 18.3 Å². The van der Waals surface area contributed by atoms with Gasteiger partial charge < -0.3 is 14.9 Å². The number of unbranched alkanes of at least 4 members (excludes halogenated alkanes) is 1. The van der Waals surface area contributed by atoms with Gasteiger partial charge in [0.25, 0.3) is 0 Å². The molecule has 5 heteroatoms. The number of fused-ring (bicyclic) bond motifs is 2. The maximum absolute atomic E-state index is 10.5. The summed E-state index contributed by atoms with van der Waals surface area (Å²) in [6, 6.07) is 3.70. The van der Waals surface area contributed by atoms with Gasteiger partial charge in [0.2, 0.25) is 0 Å². The second-order valence-corrected chi connectivity index (χ2v) is 7.14. The van der Waals surface area contributed by atoms with Gasteiger partial charge in [-0.25, -0.2) is 0 Å². The molecule has 2 bridgehead atoms. The number of aromatic nitrogens is 1. The molecule has 2 aliphatic rings. The summed E-state index contributed by atoms with van der Waals surface area (Å²) in [5.74, 6) is 0.0165. The number of carboxylic acids is 1. The van der Waals surface area contributed by atoms with Gasteiger partial charge in [-0.2, -0.15) is 0 Å². The Morgan fingerprint density at radius 3 is 2.96 bits per heavy atom. The summed E-state index contributed by atoms with van der Waals surface area (Å²) < 4.78 is 6.09. The summed E-state index contributed by atoms with van der Waals surface area (Å²) in [6.45, 7) is 0. The SMILES string of the molecule is O=C(O)CCCC=CC[C@@H]1[C@H](C=CC(O)c2cccnc2)[C@H]2CC[C@@H]1O2. The minimum Gasteiger partial charge on any atom is -0.481 e. The Balaban J connectivity index is 1.54. The molecule has 3 rings (SSSR count). The molecule has 5 atom stereocenters. The van der Waals surface area contributed by atoms with Crippen molar-refractivity contribution in [2.45, 2.75) is 56.8 Å². The number of aliphatic carboxylic acids is 1. The minimum absolute atomic E-state index is 0.221. The Labute approximate surface area is 154 Å². The van der Waals surface area contributed by atoms with Gasteiger partial charge in [0.1, 0.15) is 0 Å². The lowest BCUT2D eigenvalue weighted by Crippen LogP contribution is -2.25. The normalized spacial score (nSPS) is 29.0. The van der Waals surface area contributed by atoms with Crippen LogP contribution in [0.3, 0.4) is 0 Å². The van der Waals surface area contributed by atoms with E-state index in [1.54, 1.807) is 12.4 Å². The van der Waals surface area contributed by atoms with Crippen LogP contribution in [-0.2, 0) is 9.53 Å². The number of hydrogen-bond acceptors (Lipinski definition) is 4. The van der Waals surface area contributed by atoms with E-state index in [2.05, 4.69) is 23.2 Å². The lowest BCUT2D eigenvalue weighted by molar-refractivity contribution is -0.137. The number of ether oxygens (including phenoxy) is 1. The first-order chi connectivity index (χ1) is 12.6. The Bertz CT molecular complexity index is 643. The average molecular weight is 357 g/mol. The second kappa shape index (κ2) is 9.10. The van der Waals surface area contributed by atoms with E-state index in [-0.39, 0.29) is 12.5 Å². The smallest absolute Gasteiger partial charge is 0.303 e. The first-order valence-corrected chi connectivity index (χ1v) is 9.43. The molecule has 0 aromatic carbocycles. The number of rotatable bonds is 9. The lowest BCUT2D eigenvalue weighted by Gasteiger charge is -2.25. The monoisotopic (exact) mass is 357 g/mol. The van der Waals surface area contributed by atoms with Crippen molar-refractivity contribution >= 4 is 5.97 Å². The highest BCUT2D eigenvalue weighted by Gasteiger charge is 2.46. The Hall–Kier alpha value is -1.98. The molecule has 0 saturated carbocycles. The van der Waals surface area contributed by atoms with Crippen LogP contribution in [0.25, 0.3) is 0 Å². The molecule has 0 aliphatic carbocycles. The number of nitrogens with zero attached hydrogens (tertiary/aromatic N) is 1. The third-order valence-corrected chi connectivity index (χ3v) is 5.36. The van der Waals surface area contributed by atoms with E-state index in [9.17, 15) is 9.90 Å². The predicted molar refractivity (Wildman–Crippen MR) is 98.5 cm³/mol. The Morgan fingerprint density at radius 2 is 2.19 bits per heavy atom. The molecule has 1 aromatic rings. The molecule has 1 unspecified atom stereocenters. The molecule has 2 saturated heterocycles. The zero-order valence-electron chi connectivity index (χ0n) is 14.9. The maximum atomic E-state index is 10.5. The number of aliphatic hydroxyl groups is 1. The summed E-state index contributed by atoms with van der Waals surface area (Å²) >= 11 is 0. The van der Waals surface area contributed by atoms with Gasteiger partial charge in [-0.3, -0.25) is 9.78 Å². The Kier molecular flexibility index (Phi) is 6.58. The zero-order valence-corrected chi connectivity index (χ0v) is 14.9. The summed E-state index contributed by atoms with van der Waals surface area (Å²) in [7, 11) is 0. The molecule has 3 heterocycles. The van der Waals surface area contributed by atoms with E-state index in [0.29, 0.717) is 24.4 Å². The van der Waals surface area contributed by atoms with Crippen LogP contribution in [-0.4, -0.2) is 33.4 Å². The first kappa shape index (κ1) is 18.8. The molecule has 0 amide bonds. The van der Waals surface area contributed by atoms with Crippen molar-refractivity contribution in [1.29, 1.82) is 0 Å². The lowest BCUT2D eigenvalue weighted by atomic mass is 9.77. The summed E-state index contributed by atoms with van der Waals surface area (Å²) in [5, 5.41) is 19.0. The summed E-state index contributed by atoms with van der Waals surface area (Å²) in [6.07, 6.45) is 16.3. The molecule has 2 N–H and O–H groups in total. The number of hydrogen-bond donors (Lipinski definition) is 2. The third-order valence-electron chi connectivity index (χ3n) is 5.36. The highest BCUT2D eigenvalue weighted by molar-refractivity contribution is 5.66. The van der Waals surface area contributed by atoms with Crippen molar-refractivity contribution in [3.05, 3.63) is 54.4 Å². The molecular weight excluding hydrogens is 330 g/mol. The van der Waals surface area contributed by atoms with Gasteiger partial charge in [-0.15, -0.1) is 0 Å². The van der Waals surface area contributed by atoms with Crippen LogP contribution in [0.15, 0.2) is 48.8 Å². The van der Waals surface area contributed by atoms with E-state index < -0.39 is 12.1 Å². The minimum atomic E-state index is -0.739. The average Bonchev–Trinajstić information content (AvgIpc) is 3.24. The Morgan fingerprint density at radius 1 is 1.35 bits per heavy atom. The molecule has 0 spiro atoms. The van der Waals surface area contributed by atoms with Crippen molar-refractivity contribution in [2.75, 3.05) is 0 Å². The molecule has 1 aromatic heterocycles. The molecule has 2 fully saturated rings. The second-order valence-electron chi connectivity index (χ2n) is 7.14. The zero-order chi connectivity index (χ0) is 18.4. The van der Waals surface area contributed by atoms with Crippen LogP contribution in [0.5, 0.6) is 0 Å².